The van der Waals surface area contributed by atoms with Crippen molar-refractivity contribution in [3.63, 3.8) is 0 Å². The summed E-state index contributed by atoms with van der Waals surface area (Å²) >= 11 is 0. The van der Waals surface area contributed by atoms with Crippen molar-refractivity contribution in [1.29, 1.82) is 0 Å². The predicted octanol–water partition coefficient (Wildman–Crippen LogP) is 2.54. The minimum atomic E-state index is -3.29. The molecule has 0 fully saturated rings. The van der Waals surface area contributed by atoms with Crippen LogP contribution in [-0.2, 0) is 15.6 Å². The highest BCUT2D eigenvalue weighted by molar-refractivity contribution is 7.89. The number of aryl methyl sites for hydroxylation is 1. The number of aromatic nitrogens is 7. The highest BCUT2D eigenvalue weighted by Crippen LogP contribution is 2.28. The van der Waals surface area contributed by atoms with Gasteiger partial charge in [0, 0.05) is 17.2 Å². The second kappa shape index (κ2) is 6.24. The van der Waals surface area contributed by atoms with E-state index >= 15 is 0 Å². The molecule has 146 valence electrons. The SMILES string of the molecule is Cc1cc2cn[nH]c2cc1-c1nc(CS(C)(=O)=O)nn1-c1nc2ccccc2[nH]1. The van der Waals surface area contributed by atoms with E-state index in [1.165, 1.54) is 0 Å². The molecule has 5 rings (SSSR count). The number of H-pyrrole nitrogens is 2. The molecule has 0 amide bonds. The van der Waals surface area contributed by atoms with Crippen LogP contribution in [0.1, 0.15) is 11.4 Å². The molecule has 0 aliphatic heterocycles. The number of hydrogen-bond donors (Lipinski definition) is 2. The molecule has 3 aromatic heterocycles. The van der Waals surface area contributed by atoms with Crippen LogP contribution in [0.3, 0.4) is 0 Å². The summed E-state index contributed by atoms with van der Waals surface area (Å²) in [6, 6.07) is 11.6. The van der Waals surface area contributed by atoms with Crippen LogP contribution in [0.5, 0.6) is 0 Å². The normalized spacial score (nSPS) is 12.2. The number of nitrogens with zero attached hydrogens (tertiary/aromatic N) is 5. The fraction of sp³-hybridized carbons (Fsp3) is 0.158. The fourth-order valence-electron chi connectivity index (χ4n) is 3.36. The first-order valence-corrected chi connectivity index (χ1v) is 11.0. The molecule has 29 heavy (non-hydrogen) atoms. The first kappa shape index (κ1) is 17.6. The highest BCUT2D eigenvalue weighted by atomic mass is 32.2. The third-order valence-corrected chi connectivity index (χ3v) is 5.43. The van der Waals surface area contributed by atoms with Crippen LogP contribution >= 0.6 is 0 Å². The van der Waals surface area contributed by atoms with E-state index in [9.17, 15) is 8.42 Å². The summed E-state index contributed by atoms with van der Waals surface area (Å²) < 4.78 is 25.2. The zero-order chi connectivity index (χ0) is 20.2. The van der Waals surface area contributed by atoms with Gasteiger partial charge in [-0.2, -0.15) is 9.78 Å². The standard InChI is InChI=1S/C19H17N7O2S/c1-11-7-12-9-20-24-16(12)8-13(11)18-23-17(10-29(2,27)28)25-26(18)19-21-14-5-3-4-6-15(14)22-19/h3-9H,10H2,1-2H3,(H,20,24)(H,21,22). The number of fused-ring (bicyclic) bond motifs is 2. The topological polar surface area (TPSA) is 122 Å². The van der Waals surface area contributed by atoms with E-state index in [0.717, 1.165) is 39.3 Å². The van der Waals surface area contributed by atoms with Crippen LogP contribution in [0, 0.1) is 6.92 Å². The van der Waals surface area contributed by atoms with Crippen LogP contribution in [0.4, 0.5) is 0 Å². The lowest BCUT2D eigenvalue weighted by molar-refractivity contribution is 0.599. The quantitative estimate of drug-likeness (QED) is 0.472. The Morgan fingerprint density at radius 3 is 2.72 bits per heavy atom. The third-order valence-electron chi connectivity index (χ3n) is 4.65. The van der Waals surface area contributed by atoms with Crippen molar-refractivity contribution in [2.24, 2.45) is 0 Å². The second-order valence-corrected chi connectivity index (χ2v) is 9.18. The van der Waals surface area contributed by atoms with E-state index in [1.54, 1.807) is 10.9 Å². The molecule has 0 saturated carbocycles. The first-order chi connectivity index (χ1) is 13.9. The summed E-state index contributed by atoms with van der Waals surface area (Å²) in [5.41, 5.74) is 4.28. The van der Waals surface area contributed by atoms with Gasteiger partial charge < -0.3 is 4.98 Å². The van der Waals surface area contributed by atoms with E-state index in [2.05, 4.69) is 30.2 Å². The molecule has 0 atom stereocenters. The molecule has 9 nitrogen and oxygen atoms in total. The van der Waals surface area contributed by atoms with Gasteiger partial charge in [0.25, 0.3) is 0 Å². The monoisotopic (exact) mass is 407 g/mol. The number of nitrogens with one attached hydrogen (secondary N) is 2. The molecule has 0 saturated heterocycles. The van der Waals surface area contributed by atoms with Crippen molar-refractivity contribution >= 4 is 31.8 Å². The number of rotatable bonds is 4. The summed E-state index contributed by atoms with van der Waals surface area (Å²) in [6.07, 6.45) is 2.92. The Morgan fingerprint density at radius 1 is 1.10 bits per heavy atom. The number of benzene rings is 2. The molecule has 0 radical (unpaired) electrons. The maximum Gasteiger partial charge on any atom is 0.231 e. The van der Waals surface area contributed by atoms with Crippen molar-refractivity contribution in [3.8, 4) is 17.3 Å². The molecule has 0 spiro atoms. The van der Waals surface area contributed by atoms with Crippen molar-refractivity contribution < 1.29 is 8.42 Å². The minimum absolute atomic E-state index is 0.215. The van der Waals surface area contributed by atoms with Crippen LogP contribution in [-0.4, -0.2) is 49.6 Å². The molecule has 0 unspecified atom stereocenters. The Bertz CT molecular complexity index is 1440. The van der Waals surface area contributed by atoms with E-state index < -0.39 is 9.84 Å². The second-order valence-electron chi connectivity index (χ2n) is 7.04. The van der Waals surface area contributed by atoms with E-state index in [-0.39, 0.29) is 11.6 Å². The maximum absolute atomic E-state index is 11.8. The number of aromatic amines is 2. The summed E-state index contributed by atoms with van der Waals surface area (Å²) in [7, 11) is -3.29. The van der Waals surface area contributed by atoms with Crippen LogP contribution in [0.15, 0.2) is 42.6 Å². The number of sulfone groups is 1. The Labute approximate surface area is 165 Å². The van der Waals surface area contributed by atoms with Gasteiger partial charge in [0.2, 0.25) is 5.95 Å². The van der Waals surface area contributed by atoms with Crippen molar-refractivity contribution in [1.82, 2.24) is 34.9 Å². The van der Waals surface area contributed by atoms with Gasteiger partial charge in [-0.05, 0) is 36.8 Å². The van der Waals surface area contributed by atoms with Gasteiger partial charge >= 0.3 is 0 Å². The molecule has 5 aromatic rings. The van der Waals surface area contributed by atoms with E-state index in [0.29, 0.717) is 11.8 Å². The van der Waals surface area contributed by atoms with E-state index in [4.69, 9.17) is 0 Å². The highest BCUT2D eigenvalue weighted by Gasteiger charge is 2.20. The lowest BCUT2D eigenvalue weighted by atomic mass is 10.1. The Balaban J connectivity index is 1.75. The minimum Gasteiger partial charge on any atom is -0.322 e. The summed E-state index contributed by atoms with van der Waals surface area (Å²) in [4.78, 5) is 12.4. The molecule has 0 aliphatic rings. The smallest absolute Gasteiger partial charge is 0.231 e. The van der Waals surface area contributed by atoms with Gasteiger partial charge in [-0.15, -0.1) is 5.10 Å². The molecule has 0 aliphatic carbocycles. The van der Waals surface area contributed by atoms with Gasteiger partial charge in [-0.25, -0.2) is 18.4 Å². The zero-order valence-corrected chi connectivity index (χ0v) is 16.5. The average molecular weight is 407 g/mol. The molecule has 2 N–H and O–H groups in total. The lowest BCUT2D eigenvalue weighted by Gasteiger charge is -2.06. The average Bonchev–Trinajstić information content (AvgIpc) is 3.36. The van der Waals surface area contributed by atoms with Crippen molar-refractivity contribution in [3.05, 3.63) is 54.0 Å². The van der Waals surface area contributed by atoms with E-state index in [1.807, 2.05) is 43.3 Å². The van der Waals surface area contributed by atoms with Gasteiger partial charge in [-0.1, -0.05) is 12.1 Å². The zero-order valence-electron chi connectivity index (χ0n) is 15.7. The number of hydrogen-bond acceptors (Lipinski definition) is 6. The Morgan fingerprint density at radius 2 is 1.93 bits per heavy atom. The van der Waals surface area contributed by atoms with Crippen LogP contribution < -0.4 is 0 Å². The Hall–Kier alpha value is -3.53. The fourth-order valence-corrected chi connectivity index (χ4v) is 3.95. The molecule has 3 heterocycles. The molecular weight excluding hydrogens is 390 g/mol. The largest absolute Gasteiger partial charge is 0.322 e. The van der Waals surface area contributed by atoms with Gasteiger partial charge in [0.1, 0.15) is 5.75 Å². The van der Waals surface area contributed by atoms with Gasteiger partial charge in [-0.3, -0.25) is 5.10 Å². The van der Waals surface area contributed by atoms with Crippen LogP contribution in [0.25, 0.3) is 39.3 Å². The number of imidazole rings is 1. The molecular formula is C19H17N7O2S. The summed E-state index contributed by atoms with van der Waals surface area (Å²) in [6.45, 7) is 1.97. The Kier molecular flexibility index (Phi) is 3.78. The lowest BCUT2D eigenvalue weighted by Crippen LogP contribution is -2.05. The summed E-state index contributed by atoms with van der Waals surface area (Å²) in [5.74, 6) is 0.944. The molecule has 0 bridgehead atoms. The van der Waals surface area contributed by atoms with Crippen molar-refractivity contribution in [2.45, 2.75) is 12.7 Å². The van der Waals surface area contributed by atoms with Gasteiger partial charge in [0.15, 0.2) is 21.5 Å². The summed E-state index contributed by atoms with van der Waals surface area (Å²) in [5, 5.41) is 12.5. The molecule has 10 heteroatoms. The molecule has 2 aromatic carbocycles. The maximum atomic E-state index is 11.8. The van der Waals surface area contributed by atoms with Gasteiger partial charge in [0.05, 0.1) is 22.7 Å². The van der Waals surface area contributed by atoms with Crippen LogP contribution in [0.2, 0.25) is 0 Å². The third kappa shape index (κ3) is 3.17. The first-order valence-electron chi connectivity index (χ1n) is 8.90. The van der Waals surface area contributed by atoms with Crippen molar-refractivity contribution in [2.75, 3.05) is 6.26 Å². The number of para-hydroxylation sites is 2. The predicted molar refractivity (Wildman–Crippen MR) is 109 cm³/mol.